The highest BCUT2D eigenvalue weighted by atomic mass is 16.4. The van der Waals surface area contributed by atoms with Crippen LogP contribution < -0.4 is 5.73 Å². The molecule has 4 bridgehead atoms. The lowest BCUT2D eigenvalue weighted by Crippen LogP contribution is -2.37. The van der Waals surface area contributed by atoms with Gasteiger partial charge >= 0.3 is 0 Å². The Morgan fingerprint density at radius 1 is 0.952 bits per heavy atom. The second-order valence-corrected chi connectivity index (χ2v) is 15.8. The number of carbonyl (C=O) groups excluding carboxylic acids is 1. The predicted molar refractivity (Wildman–Crippen MR) is 167 cm³/mol. The fourth-order valence-electron chi connectivity index (χ4n) is 11.8. The molecule has 5 saturated carbocycles. The Labute approximate surface area is 253 Å². The number of nitrogens with one attached hydrogen (secondary N) is 1. The molecule has 7 nitrogen and oxygen atoms in total. The van der Waals surface area contributed by atoms with Gasteiger partial charge in [0.15, 0.2) is 0 Å². The third-order valence-electron chi connectivity index (χ3n) is 13.7. The van der Waals surface area contributed by atoms with Gasteiger partial charge in [-0.2, -0.15) is 0 Å². The minimum Gasteiger partial charge on any atom is -0.481 e. The van der Waals surface area contributed by atoms with Crippen LogP contribution in [0.15, 0.2) is 12.5 Å². The number of fused-ring (bicyclic) bond motifs is 3. The molecule has 0 aromatic carbocycles. The Morgan fingerprint density at radius 2 is 1.48 bits per heavy atom. The number of nitrogens with zero attached hydrogens (tertiary/aromatic N) is 2. The maximum atomic E-state index is 12.2. The van der Waals surface area contributed by atoms with E-state index in [-0.39, 0.29) is 0 Å². The van der Waals surface area contributed by atoms with E-state index in [1.807, 2.05) is 0 Å². The minimum absolute atomic E-state index is 0.318. The first-order valence-electron chi connectivity index (χ1n) is 16.3. The van der Waals surface area contributed by atoms with Crippen molar-refractivity contribution in [1.29, 1.82) is 5.41 Å². The van der Waals surface area contributed by atoms with E-state index in [1.165, 1.54) is 49.8 Å². The van der Waals surface area contributed by atoms with Gasteiger partial charge in [0, 0.05) is 30.9 Å². The number of aromatic nitrogens is 2. The summed E-state index contributed by atoms with van der Waals surface area (Å²) >= 11 is 0. The number of carboxylic acids is 1. The second kappa shape index (κ2) is 11.3. The van der Waals surface area contributed by atoms with Crippen molar-refractivity contribution in [2.24, 2.45) is 63.4 Å². The molecule has 0 radical (unpaired) electrons. The summed E-state index contributed by atoms with van der Waals surface area (Å²) in [5.41, 5.74) is 8.85. The molecule has 42 heavy (non-hydrogen) atoms. The average Bonchev–Trinajstić information content (AvgIpc) is 3.53. The van der Waals surface area contributed by atoms with Crippen molar-refractivity contribution in [3.63, 3.8) is 0 Å². The third kappa shape index (κ3) is 4.72. The molecule has 0 amide bonds. The van der Waals surface area contributed by atoms with Crippen LogP contribution in [0.4, 0.5) is 0 Å². The summed E-state index contributed by atoms with van der Waals surface area (Å²) < 4.78 is 0. The molecule has 4 N–H and O–H groups in total. The Morgan fingerprint density at radius 3 is 2.10 bits per heavy atom. The number of hydrogen-bond donors (Lipinski definition) is 3. The second-order valence-electron chi connectivity index (χ2n) is 15.8. The fourth-order valence-corrected chi connectivity index (χ4v) is 11.8. The van der Waals surface area contributed by atoms with Gasteiger partial charge in [-0.3, -0.25) is 15.0 Å². The van der Waals surface area contributed by atoms with Gasteiger partial charge in [0.05, 0.1) is 12.0 Å². The summed E-state index contributed by atoms with van der Waals surface area (Å²) in [6.07, 6.45) is 13.7. The van der Waals surface area contributed by atoms with Crippen molar-refractivity contribution >= 4 is 18.1 Å². The zero-order chi connectivity index (χ0) is 31.4. The Balaban J connectivity index is 0.000000160. The molecule has 1 aromatic rings. The summed E-state index contributed by atoms with van der Waals surface area (Å²) in [5, 5.41) is 13.3. The van der Waals surface area contributed by atoms with Gasteiger partial charge in [-0.15, -0.1) is 0 Å². The van der Waals surface area contributed by atoms with E-state index in [1.54, 1.807) is 6.33 Å². The first-order valence-corrected chi connectivity index (χ1v) is 16.3. The van der Waals surface area contributed by atoms with Gasteiger partial charge in [-0.25, -0.2) is 9.97 Å². The van der Waals surface area contributed by atoms with Gasteiger partial charge in [0.2, 0.25) is 0 Å². The Bertz CT molecular complexity index is 1190. The molecule has 0 aliphatic heterocycles. The Hall–Kier alpha value is -2.31. The molecule has 7 rings (SSSR count). The SMILES string of the molecule is CC(=O)O.CC1C(=O)CC23CC1C(C)(C)C2CCC3C.CC1c2cncnc2C23CC1C(C)(C)C2CCC3C.N=CN. The first kappa shape index (κ1) is 32.6. The molecule has 6 aliphatic rings. The zero-order valence-corrected chi connectivity index (χ0v) is 27.5. The number of nitrogens with two attached hydrogens (primary N) is 1. The van der Waals surface area contributed by atoms with Crippen molar-refractivity contribution in [2.45, 2.75) is 119 Å². The monoisotopic (exact) mass is 580 g/mol. The number of ketones is 1. The lowest BCUT2D eigenvalue weighted by molar-refractivity contribution is -0.134. The average molecular weight is 581 g/mol. The maximum Gasteiger partial charge on any atom is 0.300 e. The van der Waals surface area contributed by atoms with E-state index < -0.39 is 5.97 Å². The summed E-state index contributed by atoms with van der Waals surface area (Å²) in [4.78, 5) is 30.3. The van der Waals surface area contributed by atoms with Crippen molar-refractivity contribution in [2.75, 3.05) is 0 Å². The molecule has 1 heterocycles. The molecular formula is C35H56N4O3. The largest absolute Gasteiger partial charge is 0.481 e. The maximum absolute atomic E-state index is 12.2. The van der Waals surface area contributed by atoms with Crippen LogP contribution in [0.5, 0.6) is 0 Å². The van der Waals surface area contributed by atoms with Gasteiger partial charge in [0.1, 0.15) is 12.1 Å². The number of carbonyl (C=O) groups is 2. The lowest BCUT2D eigenvalue weighted by Gasteiger charge is -2.40. The van der Waals surface area contributed by atoms with Crippen LogP contribution >= 0.6 is 0 Å². The van der Waals surface area contributed by atoms with Crippen molar-refractivity contribution in [1.82, 2.24) is 9.97 Å². The van der Waals surface area contributed by atoms with Crippen LogP contribution in [0, 0.1) is 63.1 Å². The third-order valence-corrected chi connectivity index (χ3v) is 13.7. The molecule has 10 atom stereocenters. The molecular weight excluding hydrogens is 524 g/mol. The van der Waals surface area contributed by atoms with Gasteiger partial charge in [-0.1, -0.05) is 55.4 Å². The number of hydrogen-bond acceptors (Lipinski definition) is 5. The number of carboxylic acid groups (broad SMARTS) is 1. The van der Waals surface area contributed by atoms with E-state index in [9.17, 15) is 4.79 Å². The Kier molecular flexibility index (Phi) is 8.78. The van der Waals surface area contributed by atoms with Crippen LogP contribution in [0.3, 0.4) is 0 Å². The topological polar surface area (TPSA) is 130 Å². The van der Waals surface area contributed by atoms with Gasteiger partial charge < -0.3 is 10.8 Å². The van der Waals surface area contributed by atoms with Crippen molar-refractivity contribution in [3.8, 4) is 0 Å². The molecule has 7 heteroatoms. The number of rotatable bonds is 0. The highest BCUT2D eigenvalue weighted by molar-refractivity contribution is 5.83. The lowest BCUT2D eigenvalue weighted by atomic mass is 9.65. The van der Waals surface area contributed by atoms with Crippen LogP contribution in [-0.2, 0) is 15.0 Å². The zero-order valence-electron chi connectivity index (χ0n) is 27.5. The molecule has 5 fully saturated rings. The van der Waals surface area contributed by atoms with Crippen LogP contribution in [-0.4, -0.2) is 33.2 Å². The molecule has 2 spiro atoms. The number of Topliss-reactive ketones (excluding diaryl/α,β-unsaturated/α-hetero) is 1. The van der Waals surface area contributed by atoms with Crippen LogP contribution in [0.25, 0.3) is 0 Å². The van der Waals surface area contributed by atoms with Crippen molar-refractivity contribution < 1.29 is 14.7 Å². The molecule has 10 unspecified atom stereocenters. The van der Waals surface area contributed by atoms with Gasteiger partial charge in [0.25, 0.3) is 5.97 Å². The van der Waals surface area contributed by atoms with Crippen LogP contribution in [0.2, 0.25) is 0 Å². The molecule has 6 aliphatic carbocycles. The highest BCUT2D eigenvalue weighted by Crippen LogP contribution is 2.73. The van der Waals surface area contributed by atoms with E-state index in [4.69, 9.17) is 20.3 Å². The highest BCUT2D eigenvalue weighted by Gasteiger charge is 2.68. The summed E-state index contributed by atoms with van der Waals surface area (Å²) in [6, 6.07) is 0. The summed E-state index contributed by atoms with van der Waals surface area (Å²) in [5.74, 6) is 5.31. The first-order chi connectivity index (χ1) is 19.5. The standard InChI is InChI=1S/C17H24N2.C15H24O.C2H4O2.CH4N2/c1-10-5-6-14-16(3,4)13-7-17(10,14)15-12(11(13)2)8-18-9-19-15;1-9-5-6-13-14(3,4)11-7-15(9,13)8-12(16)10(11)2;1-2(3)4;2-1-3/h8-11,13-14H,5-7H2,1-4H3;9-11,13H,5-8H2,1-4H3;1H3,(H,3,4);1H,(H3,2,3). The number of aliphatic carboxylic acids is 1. The van der Waals surface area contributed by atoms with E-state index in [0.717, 1.165) is 49.3 Å². The molecule has 0 saturated heterocycles. The predicted octanol–water partition coefficient (Wildman–Crippen LogP) is 7.24. The van der Waals surface area contributed by atoms with E-state index in [2.05, 4.69) is 72.3 Å². The smallest absolute Gasteiger partial charge is 0.300 e. The van der Waals surface area contributed by atoms with Crippen LogP contribution in [0.1, 0.15) is 124 Å². The van der Waals surface area contributed by atoms with E-state index in [0.29, 0.717) is 45.2 Å². The van der Waals surface area contributed by atoms with Gasteiger partial charge in [-0.05, 0) is 102 Å². The molecule has 1 aromatic heterocycles. The summed E-state index contributed by atoms with van der Waals surface area (Å²) in [7, 11) is 0. The minimum atomic E-state index is -0.833. The fraction of sp³-hybridized carbons (Fsp3) is 0.800. The summed E-state index contributed by atoms with van der Waals surface area (Å²) in [6.45, 7) is 20.4. The molecule has 234 valence electrons. The van der Waals surface area contributed by atoms with Crippen molar-refractivity contribution in [3.05, 3.63) is 23.8 Å². The quantitative estimate of drug-likeness (QED) is 0.219. The van der Waals surface area contributed by atoms with E-state index >= 15 is 0 Å². The normalized spacial score (nSPS) is 42.3.